The highest BCUT2D eigenvalue weighted by atomic mass is 16.4. The van der Waals surface area contributed by atoms with Crippen molar-refractivity contribution in [2.45, 2.75) is 129 Å². The molecule has 5 N–H and O–H groups in total. The third-order valence-corrected chi connectivity index (χ3v) is 14.9. The van der Waals surface area contributed by atoms with Crippen molar-refractivity contribution >= 4 is 35.1 Å². The van der Waals surface area contributed by atoms with Crippen LogP contribution >= 0.6 is 0 Å². The molecule has 0 radical (unpaired) electrons. The number of imide groups is 1. The van der Waals surface area contributed by atoms with Crippen molar-refractivity contribution < 1.29 is 24.3 Å². The molecular formula is C42H58N4O5. The van der Waals surface area contributed by atoms with E-state index in [4.69, 9.17) is 10.8 Å². The summed E-state index contributed by atoms with van der Waals surface area (Å²) in [6.07, 6.45) is 8.65. The molecule has 51 heavy (non-hydrogen) atoms. The Hall–Kier alpha value is -3.72. The summed E-state index contributed by atoms with van der Waals surface area (Å²) in [6, 6.07) is 11.7. The second-order valence-electron chi connectivity index (χ2n) is 17.4. The molecule has 276 valence electrons. The van der Waals surface area contributed by atoms with Gasteiger partial charge in [0, 0.05) is 24.8 Å². The monoisotopic (exact) mass is 698 g/mol. The Morgan fingerprint density at radius 3 is 2.27 bits per heavy atom. The van der Waals surface area contributed by atoms with E-state index >= 15 is 4.79 Å². The topological polar surface area (TPSA) is 142 Å². The van der Waals surface area contributed by atoms with E-state index in [0.29, 0.717) is 12.1 Å². The number of anilines is 2. The third kappa shape index (κ3) is 5.69. The van der Waals surface area contributed by atoms with E-state index in [1.54, 1.807) is 14.1 Å². The van der Waals surface area contributed by atoms with Gasteiger partial charge in [0.05, 0.1) is 16.9 Å². The number of hydrogen-bond donors (Lipinski definition) is 4. The summed E-state index contributed by atoms with van der Waals surface area (Å²) < 4.78 is 0. The fraction of sp³-hybridized carbons (Fsp3) is 0.619. The first kappa shape index (κ1) is 37.1. The maximum Gasteiger partial charge on any atom is 0.303 e. The van der Waals surface area contributed by atoms with E-state index in [9.17, 15) is 14.4 Å². The van der Waals surface area contributed by atoms with Gasteiger partial charge in [-0.2, -0.15) is 0 Å². The van der Waals surface area contributed by atoms with Crippen LogP contribution in [0.15, 0.2) is 36.4 Å². The number of carbonyl (C=O) groups is 4. The number of aryl methyl sites for hydroxylation is 2. The number of nitrogen functional groups attached to an aromatic ring is 1. The van der Waals surface area contributed by atoms with Crippen molar-refractivity contribution in [3.63, 3.8) is 0 Å². The standard InChI is InChI=1S/C42H58N4O5/c1-38-19-8-20-39(2,33(38)16-12-26-10-13-28(43)24-30(26)38)36(50)46(7)37(51)41(4)22-9-21-40(3)31-25-29(14-11-27(31)18-23-42(40,41)5)45-35(49)32(44-6)15-17-34(47)48/h10-11,13-14,24-25,32-33,44H,8-9,12,15-23,43H2,1-7H3,(H,45,49)(H,47,48)/t32-,33+,38+,39-,40+,41+,42+/m0/s1. The predicted molar refractivity (Wildman–Crippen MR) is 200 cm³/mol. The van der Waals surface area contributed by atoms with Crippen molar-refractivity contribution in [3.05, 3.63) is 58.7 Å². The minimum Gasteiger partial charge on any atom is -0.481 e. The molecule has 0 aliphatic heterocycles. The van der Waals surface area contributed by atoms with E-state index < -0.39 is 28.3 Å². The molecule has 0 spiro atoms. The molecule has 9 nitrogen and oxygen atoms in total. The zero-order valence-corrected chi connectivity index (χ0v) is 31.7. The van der Waals surface area contributed by atoms with Gasteiger partial charge in [-0.15, -0.1) is 0 Å². The van der Waals surface area contributed by atoms with Crippen molar-refractivity contribution in [1.82, 2.24) is 10.2 Å². The molecule has 6 rings (SSSR count). The van der Waals surface area contributed by atoms with Crippen molar-refractivity contribution in [2.24, 2.45) is 22.2 Å². The molecule has 0 saturated heterocycles. The highest BCUT2D eigenvalue weighted by molar-refractivity contribution is 6.01. The lowest BCUT2D eigenvalue weighted by Gasteiger charge is -2.63. The fourth-order valence-corrected chi connectivity index (χ4v) is 11.5. The smallest absolute Gasteiger partial charge is 0.303 e. The number of carboxylic acids is 1. The molecule has 2 fully saturated rings. The average molecular weight is 699 g/mol. The Balaban J connectivity index is 1.28. The zero-order chi connectivity index (χ0) is 37.1. The largest absolute Gasteiger partial charge is 0.481 e. The SMILES string of the molecule is CN[C@@H](CCC(=O)O)C(=O)Nc1ccc2c(c1)[C@@]1(C)CCC[C@](C)(C(=O)N(C)C(=O)[C@@]3(C)CCC[C@]4(C)c5cc(N)ccc5CC[C@@H]34)[C@]1(C)CC2. The normalized spacial score (nSPS) is 33.0. The minimum atomic E-state index is -0.942. The molecule has 3 amide bonds. The summed E-state index contributed by atoms with van der Waals surface area (Å²) in [5.41, 5.74) is 10.2. The number of likely N-dealkylation sites (N-methyl/N-ethyl adjacent to an activating group) is 1. The Labute approximate surface area is 303 Å². The second-order valence-corrected chi connectivity index (χ2v) is 17.4. The van der Waals surface area contributed by atoms with E-state index in [-0.39, 0.29) is 47.3 Å². The van der Waals surface area contributed by atoms with Crippen LogP contribution in [0.5, 0.6) is 0 Å². The number of rotatable bonds is 8. The van der Waals surface area contributed by atoms with Crippen LogP contribution in [-0.2, 0) is 42.8 Å². The summed E-state index contributed by atoms with van der Waals surface area (Å²) in [7, 11) is 3.38. The molecule has 4 aliphatic rings. The van der Waals surface area contributed by atoms with Crippen LogP contribution in [0.2, 0.25) is 0 Å². The first-order chi connectivity index (χ1) is 23.9. The van der Waals surface area contributed by atoms with Gasteiger partial charge in [-0.05, 0) is 134 Å². The van der Waals surface area contributed by atoms with Gasteiger partial charge >= 0.3 is 5.97 Å². The lowest BCUT2D eigenvalue weighted by atomic mass is 9.41. The Bertz CT molecular complexity index is 1760. The lowest BCUT2D eigenvalue weighted by Crippen LogP contribution is -2.64. The van der Waals surface area contributed by atoms with Gasteiger partial charge in [0.25, 0.3) is 0 Å². The van der Waals surface area contributed by atoms with Crippen molar-refractivity contribution in [1.29, 1.82) is 0 Å². The van der Waals surface area contributed by atoms with Crippen LogP contribution in [-0.4, -0.2) is 53.8 Å². The number of carbonyl (C=O) groups excluding carboxylic acids is 3. The van der Waals surface area contributed by atoms with Gasteiger partial charge in [-0.3, -0.25) is 24.1 Å². The van der Waals surface area contributed by atoms with Gasteiger partial charge in [0.15, 0.2) is 0 Å². The average Bonchev–Trinajstić information content (AvgIpc) is 3.09. The summed E-state index contributed by atoms with van der Waals surface area (Å²) >= 11 is 0. The number of carboxylic acid groups (broad SMARTS) is 1. The molecule has 7 atom stereocenters. The number of nitrogens with one attached hydrogen (secondary N) is 2. The van der Waals surface area contributed by atoms with E-state index in [0.717, 1.165) is 69.0 Å². The first-order valence-corrected chi connectivity index (χ1v) is 19.0. The highest BCUT2D eigenvalue weighted by Crippen LogP contribution is 2.66. The van der Waals surface area contributed by atoms with E-state index in [1.807, 2.05) is 12.1 Å². The second kappa shape index (κ2) is 13.0. The van der Waals surface area contributed by atoms with Crippen LogP contribution in [0.3, 0.4) is 0 Å². The number of nitrogens with zero attached hydrogens (tertiary/aromatic N) is 1. The van der Waals surface area contributed by atoms with E-state index in [2.05, 4.69) is 69.5 Å². The van der Waals surface area contributed by atoms with E-state index in [1.165, 1.54) is 21.6 Å². The lowest BCUT2D eigenvalue weighted by molar-refractivity contribution is -0.171. The summed E-state index contributed by atoms with van der Waals surface area (Å²) in [5, 5.41) is 15.1. The fourth-order valence-electron chi connectivity index (χ4n) is 11.5. The molecule has 9 heteroatoms. The Morgan fingerprint density at radius 2 is 1.57 bits per heavy atom. The summed E-state index contributed by atoms with van der Waals surface area (Å²) in [6.45, 7) is 11.0. The molecule has 0 bridgehead atoms. The number of amides is 3. The predicted octanol–water partition coefficient (Wildman–Crippen LogP) is 6.76. The maximum atomic E-state index is 15.1. The molecule has 2 aromatic carbocycles. The van der Waals surface area contributed by atoms with Crippen LogP contribution < -0.4 is 16.4 Å². The minimum absolute atomic E-state index is 0.0592. The molecule has 2 saturated carbocycles. The number of benzene rings is 2. The van der Waals surface area contributed by atoms with Crippen LogP contribution in [0, 0.1) is 22.2 Å². The van der Waals surface area contributed by atoms with Crippen LogP contribution in [0.25, 0.3) is 0 Å². The Kier molecular flexibility index (Phi) is 9.48. The molecule has 0 heterocycles. The molecule has 0 aromatic heterocycles. The number of aliphatic carboxylic acids is 1. The molecule has 2 aromatic rings. The summed E-state index contributed by atoms with van der Waals surface area (Å²) in [4.78, 5) is 55.8. The zero-order valence-electron chi connectivity index (χ0n) is 31.7. The van der Waals surface area contributed by atoms with Gasteiger partial charge in [-0.25, -0.2) is 0 Å². The van der Waals surface area contributed by atoms with Gasteiger partial charge in [0.1, 0.15) is 0 Å². The van der Waals surface area contributed by atoms with Gasteiger partial charge in [0.2, 0.25) is 17.7 Å². The number of nitrogens with two attached hydrogens (primary N) is 1. The first-order valence-electron chi connectivity index (χ1n) is 19.0. The van der Waals surface area contributed by atoms with Gasteiger partial charge < -0.3 is 21.5 Å². The molecular weight excluding hydrogens is 640 g/mol. The molecule has 4 aliphatic carbocycles. The number of hydrogen-bond acceptors (Lipinski definition) is 6. The number of fused-ring (bicyclic) bond motifs is 6. The van der Waals surface area contributed by atoms with Gasteiger partial charge in [-0.1, -0.05) is 59.6 Å². The third-order valence-electron chi connectivity index (χ3n) is 14.9. The van der Waals surface area contributed by atoms with Crippen LogP contribution in [0.4, 0.5) is 11.4 Å². The van der Waals surface area contributed by atoms with Crippen LogP contribution in [0.1, 0.15) is 121 Å². The Morgan fingerprint density at radius 1 is 0.882 bits per heavy atom. The molecule has 0 unspecified atom stereocenters. The van der Waals surface area contributed by atoms with Crippen molar-refractivity contribution in [2.75, 3.05) is 25.1 Å². The maximum absolute atomic E-state index is 15.1. The highest BCUT2D eigenvalue weighted by Gasteiger charge is 2.65. The quantitative estimate of drug-likeness (QED) is 0.176. The van der Waals surface area contributed by atoms with Crippen molar-refractivity contribution in [3.8, 4) is 0 Å². The summed E-state index contributed by atoms with van der Waals surface area (Å²) in [5.74, 6) is -1.25.